The highest BCUT2D eigenvalue weighted by atomic mass is 35.5. The highest BCUT2D eigenvalue weighted by molar-refractivity contribution is 6.31. The smallest absolute Gasteiger partial charge is 0.149 e. The van der Waals surface area contributed by atoms with Crippen molar-refractivity contribution in [2.75, 3.05) is 13.1 Å². The maximum absolute atomic E-state index is 6.17. The lowest BCUT2D eigenvalue weighted by Crippen LogP contribution is -2.20. The molecule has 0 spiro atoms. The van der Waals surface area contributed by atoms with Crippen molar-refractivity contribution in [1.29, 1.82) is 0 Å². The van der Waals surface area contributed by atoms with E-state index < -0.39 is 0 Å². The summed E-state index contributed by atoms with van der Waals surface area (Å²) in [4.78, 5) is 4.49. The second-order valence-electron chi connectivity index (χ2n) is 5.31. The SMILES string of the molecule is Clc1ccc2c(c1)c(C1=NCCN1)nn2Cc1ccccc1. The van der Waals surface area contributed by atoms with Crippen molar-refractivity contribution in [1.82, 2.24) is 15.1 Å². The van der Waals surface area contributed by atoms with Gasteiger partial charge in [-0.2, -0.15) is 5.10 Å². The number of rotatable bonds is 3. The molecule has 0 saturated carbocycles. The minimum Gasteiger partial charge on any atom is -0.367 e. The molecule has 2 aromatic carbocycles. The first-order valence-corrected chi connectivity index (χ1v) is 7.68. The Kier molecular flexibility index (Phi) is 3.31. The predicted molar refractivity (Wildman–Crippen MR) is 89.7 cm³/mol. The molecule has 4 rings (SSSR count). The lowest BCUT2D eigenvalue weighted by atomic mass is 10.2. The minimum absolute atomic E-state index is 0.714. The second-order valence-corrected chi connectivity index (χ2v) is 5.75. The molecule has 3 aromatic rings. The van der Waals surface area contributed by atoms with Crippen molar-refractivity contribution < 1.29 is 0 Å². The molecular weight excluding hydrogens is 296 g/mol. The lowest BCUT2D eigenvalue weighted by Gasteiger charge is -2.03. The molecule has 1 aliphatic heterocycles. The normalized spacial score (nSPS) is 14.1. The molecule has 22 heavy (non-hydrogen) atoms. The quantitative estimate of drug-likeness (QED) is 0.808. The minimum atomic E-state index is 0.714. The van der Waals surface area contributed by atoms with Crippen LogP contribution in [0.5, 0.6) is 0 Å². The van der Waals surface area contributed by atoms with E-state index in [0.717, 1.165) is 42.1 Å². The molecule has 0 unspecified atom stereocenters. The molecule has 1 aromatic heterocycles. The van der Waals surface area contributed by atoms with Crippen LogP contribution < -0.4 is 5.32 Å². The lowest BCUT2D eigenvalue weighted by molar-refractivity contribution is 0.709. The maximum Gasteiger partial charge on any atom is 0.149 e. The number of nitrogens with one attached hydrogen (secondary N) is 1. The van der Waals surface area contributed by atoms with Crippen molar-refractivity contribution >= 4 is 28.3 Å². The van der Waals surface area contributed by atoms with Crippen LogP contribution >= 0.6 is 11.6 Å². The molecule has 0 aliphatic carbocycles. The van der Waals surface area contributed by atoms with E-state index in [1.54, 1.807) is 0 Å². The van der Waals surface area contributed by atoms with Crippen LogP contribution in [0.1, 0.15) is 11.3 Å². The van der Waals surface area contributed by atoms with E-state index in [-0.39, 0.29) is 0 Å². The van der Waals surface area contributed by atoms with Crippen LogP contribution in [0.2, 0.25) is 5.02 Å². The van der Waals surface area contributed by atoms with Crippen molar-refractivity contribution in [3.8, 4) is 0 Å². The van der Waals surface area contributed by atoms with Crippen LogP contribution in [0.3, 0.4) is 0 Å². The molecule has 0 saturated heterocycles. The molecule has 0 bridgehead atoms. The molecule has 4 nitrogen and oxygen atoms in total. The van der Waals surface area contributed by atoms with Crippen molar-refractivity contribution in [2.24, 2.45) is 4.99 Å². The Bertz CT molecular complexity index is 852. The zero-order valence-corrected chi connectivity index (χ0v) is 12.7. The number of aromatic nitrogens is 2. The van der Waals surface area contributed by atoms with Gasteiger partial charge in [0.1, 0.15) is 11.5 Å². The molecule has 5 heteroatoms. The highest BCUT2D eigenvalue weighted by Gasteiger charge is 2.18. The van der Waals surface area contributed by atoms with Crippen LogP contribution in [0, 0.1) is 0 Å². The van der Waals surface area contributed by atoms with E-state index >= 15 is 0 Å². The molecule has 0 amide bonds. The largest absolute Gasteiger partial charge is 0.367 e. The maximum atomic E-state index is 6.17. The number of amidine groups is 1. The van der Waals surface area contributed by atoms with Crippen molar-refractivity contribution in [2.45, 2.75) is 6.54 Å². The second kappa shape index (κ2) is 5.46. The summed E-state index contributed by atoms with van der Waals surface area (Å²) in [5.41, 5.74) is 3.17. The number of hydrogen-bond donors (Lipinski definition) is 1. The zero-order valence-electron chi connectivity index (χ0n) is 12.0. The monoisotopic (exact) mass is 310 g/mol. The third-order valence-electron chi connectivity index (χ3n) is 3.79. The molecule has 1 N–H and O–H groups in total. The Labute approximate surface area is 133 Å². The van der Waals surface area contributed by atoms with Crippen LogP contribution in [0.15, 0.2) is 53.5 Å². The van der Waals surface area contributed by atoms with Gasteiger partial charge in [-0.1, -0.05) is 41.9 Å². The summed E-state index contributed by atoms with van der Waals surface area (Å²) in [6.07, 6.45) is 0. The summed E-state index contributed by atoms with van der Waals surface area (Å²) in [5, 5.41) is 9.82. The third-order valence-corrected chi connectivity index (χ3v) is 4.02. The van der Waals surface area contributed by atoms with Crippen LogP contribution in [-0.4, -0.2) is 28.7 Å². The Morgan fingerprint density at radius 1 is 1.14 bits per heavy atom. The van der Waals surface area contributed by atoms with Gasteiger partial charge in [-0.3, -0.25) is 9.67 Å². The van der Waals surface area contributed by atoms with Gasteiger partial charge in [-0.15, -0.1) is 0 Å². The molecule has 1 aliphatic rings. The van der Waals surface area contributed by atoms with Crippen LogP contribution in [0.25, 0.3) is 10.9 Å². The molecular formula is C17H15ClN4. The van der Waals surface area contributed by atoms with Gasteiger partial charge < -0.3 is 5.32 Å². The first kappa shape index (κ1) is 13.3. The number of hydrogen-bond acceptors (Lipinski definition) is 3. The van der Waals surface area contributed by atoms with Crippen LogP contribution in [-0.2, 0) is 6.54 Å². The summed E-state index contributed by atoms with van der Waals surface area (Å²) in [5.74, 6) is 0.860. The van der Waals surface area contributed by atoms with Crippen molar-refractivity contribution in [3.63, 3.8) is 0 Å². The number of aliphatic imine (C=N–C) groups is 1. The van der Waals surface area contributed by atoms with Gasteiger partial charge in [0.2, 0.25) is 0 Å². The summed E-state index contributed by atoms with van der Waals surface area (Å²) < 4.78 is 2.01. The van der Waals surface area contributed by atoms with Gasteiger partial charge in [0, 0.05) is 17.0 Å². The van der Waals surface area contributed by atoms with Crippen LogP contribution in [0.4, 0.5) is 0 Å². The Balaban J connectivity index is 1.84. The third kappa shape index (κ3) is 2.35. The number of nitrogens with zero attached hydrogens (tertiary/aromatic N) is 3. The fraction of sp³-hybridized carbons (Fsp3) is 0.176. The molecule has 0 fully saturated rings. The first-order valence-electron chi connectivity index (χ1n) is 7.30. The van der Waals surface area contributed by atoms with E-state index in [1.807, 2.05) is 41.1 Å². The van der Waals surface area contributed by atoms with Gasteiger partial charge in [-0.25, -0.2) is 0 Å². The van der Waals surface area contributed by atoms with Gasteiger partial charge in [0.05, 0.1) is 18.6 Å². The van der Waals surface area contributed by atoms with E-state index in [1.165, 1.54) is 5.56 Å². The van der Waals surface area contributed by atoms with Gasteiger partial charge in [0.15, 0.2) is 0 Å². The number of fused-ring (bicyclic) bond motifs is 1. The van der Waals surface area contributed by atoms with Gasteiger partial charge in [0.25, 0.3) is 0 Å². The summed E-state index contributed by atoms with van der Waals surface area (Å²) in [7, 11) is 0. The topological polar surface area (TPSA) is 42.2 Å². The van der Waals surface area contributed by atoms with E-state index in [9.17, 15) is 0 Å². The predicted octanol–water partition coefficient (Wildman–Crippen LogP) is 3.09. The highest BCUT2D eigenvalue weighted by Crippen LogP contribution is 2.24. The molecule has 0 radical (unpaired) electrons. The summed E-state index contributed by atoms with van der Waals surface area (Å²) >= 11 is 6.17. The summed E-state index contributed by atoms with van der Waals surface area (Å²) in [6, 6.07) is 16.2. The van der Waals surface area contributed by atoms with E-state index in [2.05, 4.69) is 22.4 Å². The molecule has 2 heterocycles. The fourth-order valence-corrected chi connectivity index (χ4v) is 2.93. The van der Waals surface area contributed by atoms with Gasteiger partial charge in [-0.05, 0) is 23.8 Å². The first-order chi connectivity index (χ1) is 10.8. The number of benzene rings is 2. The average molecular weight is 311 g/mol. The Morgan fingerprint density at radius 2 is 2.00 bits per heavy atom. The molecule has 110 valence electrons. The average Bonchev–Trinajstić information content (AvgIpc) is 3.16. The van der Waals surface area contributed by atoms with Gasteiger partial charge >= 0.3 is 0 Å². The molecule has 0 atom stereocenters. The number of halogens is 1. The Hall–Kier alpha value is -2.33. The summed E-state index contributed by atoms with van der Waals surface area (Å²) in [6.45, 7) is 2.39. The van der Waals surface area contributed by atoms with E-state index in [0.29, 0.717) is 5.02 Å². The zero-order chi connectivity index (χ0) is 14.9. The Morgan fingerprint density at radius 3 is 2.77 bits per heavy atom. The van der Waals surface area contributed by atoms with E-state index in [4.69, 9.17) is 16.7 Å². The van der Waals surface area contributed by atoms with Crippen molar-refractivity contribution in [3.05, 3.63) is 64.8 Å². The fourth-order valence-electron chi connectivity index (χ4n) is 2.76. The standard InChI is InChI=1S/C17H15ClN4/c18-13-6-7-15-14(10-13)16(17-19-8-9-20-17)21-22(15)11-12-4-2-1-3-5-12/h1-7,10H,8-9,11H2,(H,19,20).